The van der Waals surface area contributed by atoms with Gasteiger partial charge in [0.2, 0.25) is 0 Å². The Morgan fingerprint density at radius 1 is 0.538 bits per heavy atom. The zero-order valence-corrected chi connectivity index (χ0v) is 75.1. The molecule has 2 saturated heterocycles. The zero-order valence-electron chi connectivity index (χ0n) is 71.9. The maximum absolute atomic E-state index is 13.6. The topological polar surface area (TPSA) is 340 Å². The smallest absolute Gasteiger partial charge is 0.410 e. The number of likely N-dealkylation sites (tertiary alicyclic amines) is 2. The predicted molar refractivity (Wildman–Crippen MR) is 461 cm³/mol. The van der Waals surface area contributed by atoms with Crippen molar-refractivity contribution in [2.75, 3.05) is 36.9 Å². The number of hydrogen-bond acceptors (Lipinski definition) is 20. The van der Waals surface area contributed by atoms with Crippen LogP contribution in [-0.2, 0) is 40.4 Å². The van der Waals surface area contributed by atoms with E-state index in [0.29, 0.717) is 72.9 Å². The number of carboxylic acids is 1. The van der Waals surface area contributed by atoms with Crippen LogP contribution in [0.25, 0.3) is 21.8 Å². The zero-order chi connectivity index (χ0) is 87.0. The number of halogens is 2. The Morgan fingerprint density at radius 3 is 1.32 bits per heavy atom. The van der Waals surface area contributed by atoms with Crippen molar-refractivity contribution in [1.29, 1.82) is 0 Å². The van der Waals surface area contributed by atoms with Crippen molar-refractivity contribution in [2.24, 2.45) is 27.8 Å². The molecule has 0 spiro atoms. The summed E-state index contributed by atoms with van der Waals surface area (Å²) in [5, 5.41) is 21.8. The molecule has 2 aliphatic heterocycles. The predicted octanol–water partition coefficient (Wildman–Crippen LogP) is 19.7. The first-order valence-corrected chi connectivity index (χ1v) is 43.4. The van der Waals surface area contributed by atoms with Gasteiger partial charge in [0, 0.05) is 59.5 Å². The molecule has 2 unspecified atom stereocenters. The molecule has 2 fully saturated rings. The minimum Gasteiger partial charge on any atom is -0.493 e. The van der Waals surface area contributed by atoms with Crippen molar-refractivity contribution in [3.05, 3.63) is 166 Å². The third-order valence-corrected chi connectivity index (χ3v) is 22.6. The minimum absolute atomic E-state index is 0.00516. The van der Waals surface area contributed by atoms with Gasteiger partial charge in [-0.1, -0.05) is 118 Å². The summed E-state index contributed by atoms with van der Waals surface area (Å²) in [5.74, 6) is 0.466. The molecule has 10 rings (SSSR count). The Balaban J connectivity index is 0.000000246. The fourth-order valence-electron chi connectivity index (χ4n) is 13.6. The third-order valence-electron chi connectivity index (χ3n) is 20.0. The summed E-state index contributed by atoms with van der Waals surface area (Å²) in [5.41, 5.74) is 3.20. The first kappa shape index (κ1) is 93.5. The highest BCUT2D eigenvalue weighted by Gasteiger charge is 2.45. The Labute approximate surface area is 701 Å². The molecule has 6 N–H and O–H groups in total. The monoisotopic (exact) mass is 1690 g/mol. The van der Waals surface area contributed by atoms with Crippen molar-refractivity contribution in [3.63, 3.8) is 0 Å². The molecule has 29 heteroatoms. The summed E-state index contributed by atoms with van der Waals surface area (Å²) in [4.78, 5) is 80.7. The van der Waals surface area contributed by atoms with Gasteiger partial charge in [-0.25, -0.2) is 52.6 Å². The number of carbonyl (C=O) groups is 4. The minimum atomic E-state index is -4.44. The number of rotatable bonds is 23. The molecule has 2 aliphatic rings. The number of nitrogens with zero attached hydrogens (tertiary/aromatic N) is 8. The number of sulfonamides is 2. The largest absolute Gasteiger partial charge is 0.493 e. The lowest BCUT2D eigenvalue weighted by atomic mass is 9.86. The fourth-order valence-corrected chi connectivity index (χ4v) is 15.5. The van der Waals surface area contributed by atoms with E-state index >= 15 is 0 Å². The van der Waals surface area contributed by atoms with E-state index in [1.54, 1.807) is 60.8 Å². The Hall–Kier alpha value is -9.02. The number of primary sulfonamides is 1. The molecule has 0 aliphatic carbocycles. The van der Waals surface area contributed by atoms with Gasteiger partial charge < -0.3 is 44.5 Å². The van der Waals surface area contributed by atoms with Gasteiger partial charge >= 0.3 is 18.2 Å². The molecule has 636 valence electrons. The summed E-state index contributed by atoms with van der Waals surface area (Å²) >= 11 is 12.3. The summed E-state index contributed by atoms with van der Waals surface area (Å²) in [6, 6.07) is 30.5. The number of aromatic carboxylic acids is 1. The highest BCUT2D eigenvalue weighted by atomic mass is 35.5. The van der Waals surface area contributed by atoms with Crippen LogP contribution in [0.2, 0.25) is 10.3 Å². The third kappa shape index (κ3) is 27.8. The molecule has 3 amide bonds. The molecule has 8 aromatic rings. The molecule has 0 radical (unpaired) electrons. The van der Waals surface area contributed by atoms with Crippen LogP contribution >= 0.6 is 23.2 Å². The standard InChI is InChI=1S/C44H59ClN6O6S.C28H43N5O4S.C16H18ClNO3/c1-41(2,3)20-22-56-31-17-16-29-23-32(38(45)48-34(29)25-31)39(52)50-58(54,55)37-14-12-13-36(49-37)47-33(35-24-30(19-21-46-35)42(4,5)6)18-15-28-26-44(10,11)51(27-28)40(53)57-43(7,8)9;1-26(2,3)20-14-15-30-22(16-20)21(31-23-10-9-11-24(32-23)38(29,35)36)13-12-19-17-28(7,8)33(18-19)25(34)37-27(4,5)6;1-16(2,3)6-7-21-11-5-4-10-8-12(15(19)20)14(17)18-13(10)9-11/h12-14,16-17,19,21,23-25,28,33H,15,18,20,22,26-27H2,1-11H3,(H,47,49)(H,50,52);9-11,14-16,19,21H,12-13,17-18H2,1-8H3,(H,31,32)(H2,29,35,36);4-5,8-9H,6-7H2,1-3H3,(H,19,20)/t28-,33?;19-,21?;/m00./s1. The van der Waals surface area contributed by atoms with Crippen LogP contribution in [0.4, 0.5) is 21.2 Å². The van der Waals surface area contributed by atoms with E-state index in [2.05, 4.69) is 163 Å². The number of fused-ring (bicyclic) bond motifs is 2. The molecule has 117 heavy (non-hydrogen) atoms. The molecule has 0 saturated carbocycles. The molecule has 0 bridgehead atoms. The number of amides is 3. The number of carboxylic acid groups (broad SMARTS) is 1. The summed E-state index contributed by atoms with van der Waals surface area (Å²) in [6.45, 7) is 47.5. The van der Waals surface area contributed by atoms with Gasteiger partial charge in [0.25, 0.3) is 26.0 Å². The van der Waals surface area contributed by atoms with Gasteiger partial charge in [0.15, 0.2) is 10.1 Å². The van der Waals surface area contributed by atoms with Crippen LogP contribution in [0, 0.1) is 22.7 Å². The first-order valence-electron chi connectivity index (χ1n) is 39.6. The van der Waals surface area contributed by atoms with Crippen LogP contribution in [-0.4, -0.2) is 134 Å². The molecule has 2 aromatic carbocycles. The van der Waals surface area contributed by atoms with E-state index in [9.17, 15) is 36.0 Å². The molecular weight excluding hydrogens is 1570 g/mol. The summed E-state index contributed by atoms with van der Waals surface area (Å²) in [6.07, 6.45) is 9.35. The molecule has 6 aromatic heterocycles. The van der Waals surface area contributed by atoms with E-state index in [1.807, 2.05) is 75.7 Å². The van der Waals surface area contributed by atoms with E-state index < -0.39 is 43.1 Å². The fraction of sp³-hybridized carbons (Fsp3) is 0.523. The van der Waals surface area contributed by atoms with Crippen LogP contribution in [0.3, 0.4) is 0 Å². The van der Waals surface area contributed by atoms with Crippen LogP contribution in [0.5, 0.6) is 11.5 Å². The maximum atomic E-state index is 13.6. The molecule has 8 heterocycles. The number of aromatic nitrogens is 6. The SMILES string of the molecule is CC(C)(C)CCOc1ccc2cc(C(=O)NS(=O)(=O)c3cccc(NC(CC[C@@H]4CN(C(=O)OC(C)(C)C)C(C)(C)C4)c4cc(C(C)(C)C)ccn4)n3)c(Cl)nc2c1.CC(C)(C)CCOc1ccc2cc(C(=O)O)c(Cl)nc2c1.CC(C)(C)OC(=O)N1C[C@@H](CCC(Nc2cccc(S(N)(=O)=O)n2)c2cc(C(C)(C)C)ccn2)CC1(C)C. The number of nitrogens with one attached hydrogen (secondary N) is 3. The van der Waals surface area contributed by atoms with Gasteiger partial charge in [-0.15, -0.1) is 0 Å². The number of ether oxygens (including phenoxy) is 4. The lowest BCUT2D eigenvalue weighted by molar-refractivity contribution is 0.0118. The second kappa shape index (κ2) is 37.1. The lowest BCUT2D eigenvalue weighted by Crippen LogP contribution is -2.45. The highest BCUT2D eigenvalue weighted by Crippen LogP contribution is 2.41. The van der Waals surface area contributed by atoms with Gasteiger partial charge in [-0.2, -0.15) is 8.42 Å². The number of hydrogen-bond donors (Lipinski definition) is 5. The van der Waals surface area contributed by atoms with E-state index in [0.717, 1.165) is 66.4 Å². The van der Waals surface area contributed by atoms with Gasteiger partial charge in [0.1, 0.15) is 44.6 Å². The maximum Gasteiger partial charge on any atom is 0.410 e. The van der Waals surface area contributed by atoms with Crippen molar-refractivity contribution in [1.82, 2.24) is 44.4 Å². The summed E-state index contributed by atoms with van der Waals surface area (Å²) in [7, 11) is -8.38. The Kier molecular flexibility index (Phi) is 29.6. The van der Waals surface area contributed by atoms with E-state index in [1.165, 1.54) is 24.3 Å². The van der Waals surface area contributed by atoms with Crippen molar-refractivity contribution < 1.29 is 60.1 Å². The van der Waals surface area contributed by atoms with Crippen molar-refractivity contribution in [2.45, 2.75) is 259 Å². The quantitative estimate of drug-likeness (QED) is 0.0371. The van der Waals surface area contributed by atoms with Crippen LogP contribution < -0.4 is 30.0 Å². The number of pyridine rings is 6. The lowest BCUT2D eigenvalue weighted by Gasteiger charge is -2.33. The number of nitrogens with two attached hydrogens (primary N) is 1. The normalized spacial score (nSPS) is 16.4. The van der Waals surface area contributed by atoms with Gasteiger partial charge in [-0.05, 0) is 250 Å². The van der Waals surface area contributed by atoms with Gasteiger partial charge in [0.05, 0.1) is 58.8 Å². The molecule has 4 atom stereocenters. The number of benzene rings is 2. The first-order chi connectivity index (χ1) is 53.9. The summed E-state index contributed by atoms with van der Waals surface area (Å²) < 4.78 is 76.1. The molecule has 25 nitrogen and oxygen atoms in total. The number of anilines is 2. The average Bonchev–Trinajstić information content (AvgIpc) is 1.54. The Bertz CT molecular complexity index is 5100. The van der Waals surface area contributed by atoms with E-state index in [4.69, 9.17) is 57.4 Å². The second-order valence-corrected chi connectivity index (χ2v) is 42.0. The van der Waals surface area contributed by atoms with Crippen LogP contribution in [0.15, 0.2) is 132 Å². The molecular formula is C88H120Cl2N12O13S2. The van der Waals surface area contributed by atoms with Crippen LogP contribution in [0.1, 0.15) is 259 Å². The number of carbonyl (C=O) groups excluding carboxylic acids is 3. The highest BCUT2D eigenvalue weighted by molar-refractivity contribution is 7.90. The average molecular weight is 1690 g/mol. The van der Waals surface area contributed by atoms with Crippen molar-refractivity contribution >= 4 is 101 Å². The van der Waals surface area contributed by atoms with E-state index in [-0.39, 0.29) is 106 Å². The van der Waals surface area contributed by atoms with Gasteiger partial charge in [-0.3, -0.25) is 14.8 Å². The second-order valence-electron chi connectivity index (χ2n) is 38.1. The van der Waals surface area contributed by atoms with Crippen molar-refractivity contribution in [3.8, 4) is 11.5 Å². The Morgan fingerprint density at radius 2 is 0.932 bits per heavy atom.